The third kappa shape index (κ3) is 4.40. The van der Waals surface area contributed by atoms with Gasteiger partial charge >= 0.3 is 0 Å². The van der Waals surface area contributed by atoms with E-state index in [0.717, 1.165) is 31.7 Å². The third-order valence-electron chi connectivity index (χ3n) is 5.34. The second kappa shape index (κ2) is 8.89. The summed E-state index contributed by atoms with van der Waals surface area (Å²) in [6, 6.07) is 7.48. The lowest BCUT2D eigenvalue weighted by Crippen LogP contribution is -2.42. The number of amides is 1. The normalized spacial score (nSPS) is 14.6. The van der Waals surface area contributed by atoms with Crippen LogP contribution in [0.2, 0.25) is 0 Å². The molecule has 9 heteroatoms. The molecule has 0 atom stereocenters. The van der Waals surface area contributed by atoms with Gasteiger partial charge in [-0.2, -0.15) is 0 Å². The number of nitrogens with zero attached hydrogens (tertiary/aromatic N) is 5. The van der Waals surface area contributed by atoms with Crippen LogP contribution in [0.4, 0.5) is 5.82 Å². The summed E-state index contributed by atoms with van der Waals surface area (Å²) in [4.78, 5) is 30.6. The van der Waals surface area contributed by atoms with Gasteiger partial charge in [-0.15, -0.1) is 10.2 Å². The van der Waals surface area contributed by atoms with Crippen LogP contribution in [-0.2, 0) is 11.3 Å². The Bertz CT molecular complexity index is 1040. The van der Waals surface area contributed by atoms with Crippen LogP contribution in [0.5, 0.6) is 0 Å². The number of rotatable bonds is 6. The van der Waals surface area contributed by atoms with Crippen LogP contribution in [0, 0.1) is 12.8 Å². The van der Waals surface area contributed by atoms with Crippen LogP contribution in [-0.4, -0.2) is 45.3 Å². The first-order valence-electron chi connectivity index (χ1n) is 10.0. The number of anilines is 1. The van der Waals surface area contributed by atoms with E-state index in [4.69, 9.17) is 4.42 Å². The molecule has 1 fully saturated rings. The molecule has 1 aliphatic rings. The first-order chi connectivity index (χ1) is 14.6. The Kier molecular flexibility index (Phi) is 5.87. The third-order valence-corrected chi connectivity index (χ3v) is 5.34. The highest BCUT2D eigenvalue weighted by atomic mass is 16.3. The van der Waals surface area contributed by atoms with Crippen LogP contribution in [0.1, 0.15) is 18.4 Å². The van der Waals surface area contributed by atoms with Gasteiger partial charge in [0.2, 0.25) is 5.91 Å². The number of furan rings is 1. The van der Waals surface area contributed by atoms with E-state index in [1.165, 1.54) is 10.9 Å². The summed E-state index contributed by atoms with van der Waals surface area (Å²) in [7, 11) is 0. The molecule has 0 saturated carbocycles. The van der Waals surface area contributed by atoms with E-state index in [9.17, 15) is 9.59 Å². The molecule has 30 heavy (non-hydrogen) atoms. The number of nitrogens with one attached hydrogen (secondary N) is 1. The molecular formula is C21H24N6O3. The molecule has 4 rings (SSSR count). The average Bonchev–Trinajstić information content (AvgIpc) is 3.32. The summed E-state index contributed by atoms with van der Waals surface area (Å²) >= 11 is 0. The quantitative estimate of drug-likeness (QED) is 0.661. The molecule has 1 N–H and O–H groups in total. The maximum atomic E-state index is 12.5. The Morgan fingerprint density at radius 3 is 2.77 bits per heavy atom. The molecule has 1 amide bonds. The molecule has 3 aromatic heterocycles. The van der Waals surface area contributed by atoms with Crippen molar-refractivity contribution in [2.75, 3.05) is 24.5 Å². The molecule has 9 nitrogen and oxygen atoms in total. The molecule has 0 unspecified atom stereocenters. The van der Waals surface area contributed by atoms with Gasteiger partial charge < -0.3 is 14.6 Å². The van der Waals surface area contributed by atoms with Crippen molar-refractivity contribution < 1.29 is 9.21 Å². The smallest absolute Gasteiger partial charge is 0.256 e. The van der Waals surface area contributed by atoms with Crippen LogP contribution >= 0.6 is 0 Å². The summed E-state index contributed by atoms with van der Waals surface area (Å²) in [6.45, 7) is 4.04. The van der Waals surface area contributed by atoms with Crippen LogP contribution < -0.4 is 15.8 Å². The minimum Gasteiger partial charge on any atom is -0.463 e. The summed E-state index contributed by atoms with van der Waals surface area (Å²) in [5.74, 6) is 1.48. The van der Waals surface area contributed by atoms with Gasteiger partial charge in [-0.25, -0.2) is 4.98 Å². The molecule has 0 aliphatic carbocycles. The topological polar surface area (TPSA) is 106 Å². The lowest BCUT2D eigenvalue weighted by atomic mass is 9.96. The summed E-state index contributed by atoms with van der Waals surface area (Å²) in [5, 5.41) is 11.5. The highest BCUT2D eigenvalue weighted by Gasteiger charge is 2.25. The van der Waals surface area contributed by atoms with Crippen molar-refractivity contribution in [2.45, 2.75) is 26.3 Å². The van der Waals surface area contributed by atoms with E-state index in [0.29, 0.717) is 30.1 Å². The van der Waals surface area contributed by atoms with Gasteiger partial charge in [0.25, 0.3) is 5.56 Å². The molecule has 1 aliphatic heterocycles. The number of hydrogen-bond donors (Lipinski definition) is 1. The number of hydrogen-bond acceptors (Lipinski definition) is 7. The van der Waals surface area contributed by atoms with Crippen LogP contribution in [0.3, 0.4) is 0 Å². The number of aromatic nitrogens is 4. The Morgan fingerprint density at radius 2 is 2.07 bits per heavy atom. The lowest BCUT2D eigenvalue weighted by Gasteiger charge is -2.31. The maximum Gasteiger partial charge on any atom is 0.256 e. The van der Waals surface area contributed by atoms with Gasteiger partial charge in [0, 0.05) is 43.9 Å². The summed E-state index contributed by atoms with van der Waals surface area (Å²) in [5.41, 5.74) is 1.21. The zero-order chi connectivity index (χ0) is 20.9. The molecule has 4 heterocycles. The zero-order valence-electron chi connectivity index (χ0n) is 16.8. The molecule has 0 radical (unpaired) electrons. The predicted molar refractivity (Wildman–Crippen MR) is 111 cm³/mol. The summed E-state index contributed by atoms with van der Waals surface area (Å²) < 4.78 is 6.85. The van der Waals surface area contributed by atoms with Crippen molar-refractivity contribution in [3.63, 3.8) is 0 Å². The van der Waals surface area contributed by atoms with Crippen LogP contribution in [0.15, 0.2) is 52.3 Å². The molecular weight excluding hydrogens is 384 g/mol. The molecule has 0 spiro atoms. The van der Waals surface area contributed by atoms with Gasteiger partial charge in [-0.3, -0.25) is 14.2 Å². The number of piperidine rings is 1. The minimum absolute atomic E-state index is 0.0302. The predicted octanol–water partition coefficient (Wildman–Crippen LogP) is 1.63. The fraction of sp³-hybridized carbons (Fsp3) is 0.381. The van der Waals surface area contributed by atoms with E-state index < -0.39 is 0 Å². The lowest BCUT2D eigenvalue weighted by molar-refractivity contribution is -0.125. The Morgan fingerprint density at radius 1 is 1.23 bits per heavy atom. The van der Waals surface area contributed by atoms with E-state index in [1.54, 1.807) is 19.4 Å². The Labute approximate surface area is 173 Å². The fourth-order valence-electron chi connectivity index (χ4n) is 3.58. The van der Waals surface area contributed by atoms with Crippen molar-refractivity contribution >= 4 is 11.7 Å². The second-order valence-electron chi connectivity index (χ2n) is 7.38. The number of carbonyl (C=O) groups excluding carboxylic acids is 1. The van der Waals surface area contributed by atoms with Gasteiger partial charge in [-0.05, 0) is 44.0 Å². The van der Waals surface area contributed by atoms with Gasteiger partial charge in [0.05, 0.1) is 12.6 Å². The van der Waals surface area contributed by atoms with Gasteiger partial charge in [-0.1, -0.05) is 0 Å². The van der Waals surface area contributed by atoms with E-state index in [-0.39, 0.29) is 17.4 Å². The highest BCUT2D eigenvalue weighted by Crippen LogP contribution is 2.23. The van der Waals surface area contributed by atoms with Crippen molar-refractivity contribution in [2.24, 2.45) is 5.92 Å². The van der Waals surface area contributed by atoms with Crippen molar-refractivity contribution in [1.29, 1.82) is 0 Å². The molecule has 156 valence electrons. The Balaban J connectivity index is 1.25. The standard InChI is InChI=1S/C21H24N6O3/c1-15-13-22-14-27(21(15)29)11-8-23-20(28)16-6-9-26(10-7-16)19-5-4-17(24-25-19)18-3-2-12-30-18/h2-5,12-14,16H,6-11H2,1H3,(H,23,28). The highest BCUT2D eigenvalue weighted by molar-refractivity contribution is 5.78. The number of aryl methyl sites for hydroxylation is 1. The number of carbonyl (C=O) groups is 1. The van der Waals surface area contributed by atoms with Gasteiger partial charge in [0.1, 0.15) is 5.69 Å². The maximum absolute atomic E-state index is 12.5. The average molecular weight is 408 g/mol. The van der Waals surface area contributed by atoms with Crippen molar-refractivity contribution in [3.05, 3.63) is 59.0 Å². The zero-order valence-corrected chi connectivity index (χ0v) is 16.8. The van der Waals surface area contributed by atoms with Crippen LogP contribution in [0.25, 0.3) is 11.5 Å². The van der Waals surface area contributed by atoms with E-state index >= 15 is 0 Å². The molecule has 0 aromatic carbocycles. The summed E-state index contributed by atoms with van der Waals surface area (Å²) in [6.07, 6.45) is 6.15. The monoisotopic (exact) mass is 408 g/mol. The molecule has 1 saturated heterocycles. The Hall–Kier alpha value is -3.49. The van der Waals surface area contributed by atoms with E-state index in [1.807, 2.05) is 24.3 Å². The SMILES string of the molecule is Cc1cncn(CCNC(=O)C2CCN(c3ccc(-c4ccco4)nn3)CC2)c1=O. The van der Waals surface area contributed by atoms with Crippen molar-refractivity contribution in [3.8, 4) is 11.5 Å². The van der Waals surface area contributed by atoms with Crippen molar-refractivity contribution in [1.82, 2.24) is 25.1 Å². The minimum atomic E-state index is -0.0771. The largest absolute Gasteiger partial charge is 0.463 e. The second-order valence-corrected chi connectivity index (χ2v) is 7.38. The molecule has 0 bridgehead atoms. The first kappa shape index (κ1) is 19.8. The van der Waals surface area contributed by atoms with Gasteiger partial charge in [0.15, 0.2) is 11.6 Å². The molecule has 3 aromatic rings. The van der Waals surface area contributed by atoms with E-state index in [2.05, 4.69) is 25.4 Å². The fourth-order valence-corrected chi connectivity index (χ4v) is 3.58. The first-order valence-corrected chi connectivity index (χ1v) is 10.0.